The van der Waals surface area contributed by atoms with Gasteiger partial charge >= 0.3 is 0 Å². The van der Waals surface area contributed by atoms with E-state index in [2.05, 4.69) is 13.8 Å². The van der Waals surface area contributed by atoms with Crippen LogP contribution in [-0.2, 0) is 5.75 Å². The molecular weight excluding hydrogens is 251 g/mol. The van der Waals surface area contributed by atoms with E-state index in [9.17, 15) is 14.3 Å². The van der Waals surface area contributed by atoms with E-state index in [1.165, 1.54) is 13.0 Å². The van der Waals surface area contributed by atoms with Crippen molar-refractivity contribution in [2.75, 3.05) is 5.75 Å². The molecule has 0 heterocycles. The van der Waals surface area contributed by atoms with Gasteiger partial charge in [0.2, 0.25) is 0 Å². The number of benzene rings is 1. The van der Waals surface area contributed by atoms with Gasteiger partial charge < -0.3 is 5.11 Å². The molecule has 0 saturated carbocycles. The average molecular weight is 270 g/mol. The zero-order valence-corrected chi connectivity index (χ0v) is 11.8. The summed E-state index contributed by atoms with van der Waals surface area (Å²) in [6.07, 6.45) is 1.08. The van der Waals surface area contributed by atoms with Crippen LogP contribution in [0.1, 0.15) is 43.1 Å². The van der Waals surface area contributed by atoms with Crippen molar-refractivity contribution in [3.05, 3.63) is 29.1 Å². The van der Waals surface area contributed by atoms with Crippen LogP contribution in [0.5, 0.6) is 5.75 Å². The number of carbonyl (C=O) groups excluding carboxylic acids is 1. The van der Waals surface area contributed by atoms with Crippen molar-refractivity contribution in [1.82, 2.24) is 0 Å². The van der Waals surface area contributed by atoms with Crippen molar-refractivity contribution in [2.45, 2.75) is 32.9 Å². The summed E-state index contributed by atoms with van der Waals surface area (Å²) in [5.41, 5.74) is 0.559. The quantitative estimate of drug-likeness (QED) is 0.627. The summed E-state index contributed by atoms with van der Waals surface area (Å²) >= 11 is 1.64. The highest BCUT2D eigenvalue weighted by molar-refractivity contribution is 7.98. The molecule has 0 fully saturated rings. The first-order valence-corrected chi connectivity index (χ1v) is 7.17. The van der Waals surface area contributed by atoms with Crippen LogP contribution in [-0.4, -0.2) is 16.6 Å². The van der Waals surface area contributed by atoms with Crippen LogP contribution in [0.15, 0.2) is 12.1 Å². The Morgan fingerprint density at radius 3 is 2.67 bits per heavy atom. The number of hydrogen-bond donors (Lipinski definition) is 1. The SMILES string of the molecule is CC(=O)c1cc(F)cc(CSCCC(C)C)c1O. The second-order valence-corrected chi connectivity index (χ2v) is 5.86. The maximum atomic E-state index is 13.3. The Morgan fingerprint density at radius 2 is 2.11 bits per heavy atom. The second-order valence-electron chi connectivity index (χ2n) is 4.75. The van der Waals surface area contributed by atoms with Crippen molar-refractivity contribution >= 4 is 17.5 Å². The first-order chi connectivity index (χ1) is 8.41. The van der Waals surface area contributed by atoms with E-state index < -0.39 is 5.82 Å². The highest BCUT2D eigenvalue weighted by atomic mass is 32.2. The molecule has 0 saturated heterocycles. The minimum absolute atomic E-state index is 0.0643. The van der Waals surface area contributed by atoms with Crippen molar-refractivity contribution in [3.8, 4) is 5.75 Å². The van der Waals surface area contributed by atoms with Gasteiger partial charge in [-0.2, -0.15) is 11.8 Å². The molecule has 0 bridgehead atoms. The molecule has 0 amide bonds. The second kappa shape index (κ2) is 6.78. The van der Waals surface area contributed by atoms with Crippen LogP contribution in [0, 0.1) is 11.7 Å². The third-order valence-corrected chi connectivity index (χ3v) is 3.67. The summed E-state index contributed by atoms with van der Waals surface area (Å²) in [4.78, 5) is 11.3. The molecular formula is C14H19FO2S. The molecule has 1 rings (SSSR count). The molecule has 1 aromatic rings. The Balaban J connectivity index is 2.73. The minimum atomic E-state index is -0.475. The number of carbonyl (C=O) groups is 1. The zero-order valence-electron chi connectivity index (χ0n) is 11.0. The van der Waals surface area contributed by atoms with Gasteiger partial charge in [-0.1, -0.05) is 13.8 Å². The standard InChI is InChI=1S/C14H19FO2S/c1-9(2)4-5-18-8-11-6-12(15)7-13(10(3)16)14(11)17/h6-7,9,17H,4-5,8H2,1-3H3. The van der Waals surface area contributed by atoms with Gasteiger partial charge in [0.15, 0.2) is 5.78 Å². The Labute approximate surface area is 112 Å². The van der Waals surface area contributed by atoms with Gasteiger partial charge in [-0.15, -0.1) is 0 Å². The van der Waals surface area contributed by atoms with Crippen LogP contribution < -0.4 is 0 Å². The number of ketones is 1. The maximum absolute atomic E-state index is 13.3. The fourth-order valence-corrected chi connectivity index (χ4v) is 2.76. The lowest BCUT2D eigenvalue weighted by Crippen LogP contribution is -1.98. The molecule has 18 heavy (non-hydrogen) atoms. The number of hydrogen-bond acceptors (Lipinski definition) is 3. The van der Waals surface area contributed by atoms with Crippen molar-refractivity contribution in [1.29, 1.82) is 0 Å². The fourth-order valence-electron chi connectivity index (χ4n) is 1.54. The van der Waals surface area contributed by atoms with Crippen LogP contribution in [0.2, 0.25) is 0 Å². The summed E-state index contributed by atoms with van der Waals surface area (Å²) in [5.74, 6) is 1.24. The van der Waals surface area contributed by atoms with E-state index in [1.807, 2.05) is 0 Å². The number of halogens is 1. The van der Waals surface area contributed by atoms with Gasteiger partial charge in [0.05, 0.1) is 5.56 Å². The maximum Gasteiger partial charge on any atom is 0.163 e. The minimum Gasteiger partial charge on any atom is -0.507 e. The fraction of sp³-hybridized carbons (Fsp3) is 0.500. The van der Waals surface area contributed by atoms with Crippen LogP contribution in [0.3, 0.4) is 0 Å². The van der Waals surface area contributed by atoms with E-state index in [-0.39, 0.29) is 17.1 Å². The number of aromatic hydroxyl groups is 1. The highest BCUT2D eigenvalue weighted by Crippen LogP contribution is 2.28. The van der Waals surface area contributed by atoms with Crippen molar-refractivity contribution in [3.63, 3.8) is 0 Å². The third kappa shape index (κ3) is 4.33. The molecule has 0 aliphatic heterocycles. The number of phenolic OH excluding ortho intramolecular Hbond substituents is 1. The predicted octanol–water partition coefficient (Wildman–Crippen LogP) is 4.01. The van der Waals surface area contributed by atoms with E-state index in [0.717, 1.165) is 18.2 Å². The van der Waals surface area contributed by atoms with E-state index in [4.69, 9.17) is 0 Å². The topological polar surface area (TPSA) is 37.3 Å². The van der Waals surface area contributed by atoms with Gasteiger partial charge in [-0.05, 0) is 37.1 Å². The van der Waals surface area contributed by atoms with Crippen molar-refractivity contribution in [2.24, 2.45) is 5.92 Å². The molecule has 1 N–H and O–H groups in total. The molecule has 0 unspecified atom stereocenters. The summed E-state index contributed by atoms with van der Waals surface area (Å²) in [5, 5.41) is 9.89. The molecule has 0 spiro atoms. The number of rotatable bonds is 6. The Hall–Kier alpha value is -1.03. The molecule has 1 aromatic carbocycles. The Kier molecular flexibility index (Phi) is 5.66. The van der Waals surface area contributed by atoms with E-state index >= 15 is 0 Å². The monoisotopic (exact) mass is 270 g/mol. The van der Waals surface area contributed by atoms with Gasteiger partial charge in [0.25, 0.3) is 0 Å². The first kappa shape index (κ1) is 15.0. The van der Waals surface area contributed by atoms with Crippen LogP contribution in [0.25, 0.3) is 0 Å². The summed E-state index contributed by atoms with van der Waals surface area (Å²) < 4.78 is 13.3. The number of Topliss-reactive ketones (excluding diaryl/α,β-unsaturated/α-hetero) is 1. The lowest BCUT2D eigenvalue weighted by atomic mass is 10.1. The number of phenols is 1. The largest absolute Gasteiger partial charge is 0.507 e. The predicted molar refractivity (Wildman–Crippen MR) is 73.7 cm³/mol. The third-order valence-electron chi connectivity index (χ3n) is 2.63. The molecule has 4 heteroatoms. The molecule has 0 atom stereocenters. The van der Waals surface area contributed by atoms with Crippen LogP contribution >= 0.6 is 11.8 Å². The van der Waals surface area contributed by atoms with Gasteiger partial charge in [0, 0.05) is 11.3 Å². The van der Waals surface area contributed by atoms with Gasteiger partial charge in [-0.3, -0.25) is 4.79 Å². The molecule has 0 aromatic heterocycles. The molecule has 100 valence electrons. The van der Waals surface area contributed by atoms with Gasteiger partial charge in [0.1, 0.15) is 11.6 Å². The molecule has 0 aliphatic carbocycles. The number of thioether (sulfide) groups is 1. The van der Waals surface area contributed by atoms with Crippen LogP contribution in [0.4, 0.5) is 4.39 Å². The highest BCUT2D eigenvalue weighted by Gasteiger charge is 2.13. The summed E-state index contributed by atoms with van der Waals surface area (Å²) in [6, 6.07) is 2.38. The molecule has 0 aliphatic rings. The molecule has 2 nitrogen and oxygen atoms in total. The Bertz CT molecular complexity index is 430. The first-order valence-electron chi connectivity index (χ1n) is 6.02. The van der Waals surface area contributed by atoms with Gasteiger partial charge in [-0.25, -0.2) is 4.39 Å². The summed E-state index contributed by atoms with van der Waals surface area (Å²) in [7, 11) is 0. The average Bonchev–Trinajstić information content (AvgIpc) is 2.27. The molecule has 0 radical (unpaired) electrons. The van der Waals surface area contributed by atoms with E-state index in [0.29, 0.717) is 17.2 Å². The van der Waals surface area contributed by atoms with E-state index in [1.54, 1.807) is 11.8 Å². The normalized spacial score (nSPS) is 10.9. The zero-order chi connectivity index (χ0) is 13.7. The lowest BCUT2D eigenvalue weighted by molar-refractivity contribution is 0.101. The smallest absolute Gasteiger partial charge is 0.163 e. The summed E-state index contributed by atoms with van der Waals surface area (Å²) in [6.45, 7) is 5.62. The Morgan fingerprint density at radius 1 is 1.44 bits per heavy atom. The lowest BCUT2D eigenvalue weighted by Gasteiger charge is -2.09. The van der Waals surface area contributed by atoms with Crippen molar-refractivity contribution < 1.29 is 14.3 Å².